The number of halogens is 3. The highest BCUT2D eigenvalue weighted by atomic mass is 35.5. The van der Waals surface area contributed by atoms with E-state index >= 15 is 0 Å². The lowest BCUT2D eigenvalue weighted by atomic mass is 10.2. The van der Waals surface area contributed by atoms with Gasteiger partial charge in [0.25, 0.3) is 5.91 Å². The summed E-state index contributed by atoms with van der Waals surface area (Å²) in [6.45, 7) is 0.401. The molecule has 3 aromatic carbocycles. The van der Waals surface area contributed by atoms with Gasteiger partial charge in [-0.3, -0.25) is 4.79 Å². The van der Waals surface area contributed by atoms with Gasteiger partial charge < -0.3 is 15.4 Å². The monoisotopic (exact) mass is 434 g/mol. The Bertz CT molecular complexity index is 979. The number of rotatable bonds is 7. The molecule has 0 bridgehead atoms. The van der Waals surface area contributed by atoms with Gasteiger partial charge in [-0.2, -0.15) is 0 Å². The van der Waals surface area contributed by atoms with Gasteiger partial charge in [-0.25, -0.2) is 0 Å². The normalized spacial score (nSPS) is 10.4. The third-order valence-electron chi connectivity index (χ3n) is 3.82. The summed E-state index contributed by atoms with van der Waals surface area (Å²) in [6.07, 6.45) is 0. The second kappa shape index (κ2) is 9.69. The SMILES string of the molecule is O=C(COc1ccc(CNc2cccc(Cl)c2)cc1Cl)Nc1ccccc1Cl. The van der Waals surface area contributed by atoms with Gasteiger partial charge in [0.2, 0.25) is 0 Å². The largest absolute Gasteiger partial charge is 0.482 e. The van der Waals surface area contributed by atoms with Crippen LogP contribution in [0.3, 0.4) is 0 Å². The van der Waals surface area contributed by atoms with Crippen molar-refractivity contribution in [3.05, 3.63) is 87.4 Å². The molecule has 0 atom stereocenters. The Hall–Kier alpha value is -2.40. The molecule has 3 aromatic rings. The standard InChI is InChI=1S/C21H17Cl3N2O2/c22-15-4-3-5-16(11-15)25-12-14-8-9-20(18(24)10-14)28-13-21(27)26-19-7-2-1-6-17(19)23/h1-11,25H,12-13H2,(H,26,27). The molecule has 0 aliphatic carbocycles. The number of anilines is 2. The van der Waals surface area contributed by atoms with Gasteiger partial charge in [0.15, 0.2) is 6.61 Å². The van der Waals surface area contributed by atoms with Crippen LogP contribution < -0.4 is 15.4 Å². The Kier molecular flexibility index (Phi) is 7.04. The molecule has 0 fully saturated rings. The van der Waals surface area contributed by atoms with E-state index in [0.29, 0.717) is 33.0 Å². The molecule has 4 nitrogen and oxygen atoms in total. The average Bonchev–Trinajstić information content (AvgIpc) is 2.67. The smallest absolute Gasteiger partial charge is 0.262 e. The van der Waals surface area contributed by atoms with Crippen LogP contribution in [0.15, 0.2) is 66.7 Å². The third-order valence-corrected chi connectivity index (χ3v) is 4.68. The summed E-state index contributed by atoms with van der Waals surface area (Å²) in [5, 5.41) is 7.52. The second-order valence-corrected chi connectivity index (χ2v) is 7.20. The Morgan fingerprint density at radius 1 is 0.893 bits per heavy atom. The second-order valence-electron chi connectivity index (χ2n) is 5.95. The van der Waals surface area contributed by atoms with Crippen molar-refractivity contribution in [2.45, 2.75) is 6.54 Å². The highest BCUT2D eigenvalue weighted by molar-refractivity contribution is 6.33. The van der Waals surface area contributed by atoms with E-state index in [4.69, 9.17) is 39.5 Å². The number of hydrogen-bond donors (Lipinski definition) is 2. The molecule has 144 valence electrons. The molecule has 3 rings (SSSR count). The first-order chi connectivity index (χ1) is 13.5. The van der Waals surface area contributed by atoms with Gasteiger partial charge in [-0.05, 0) is 48.0 Å². The number of para-hydroxylation sites is 1. The van der Waals surface area contributed by atoms with E-state index in [1.54, 1.807) is 36.4 Å². The van der Waals surface area contributed by atoms with Crippen LogP contribution in [0.2, 0.25) is 15.1 Å². The Morgan fingerprint density at radius 3 is 2.46 bits per heavy atom. The van der Waals surface area contributed by atoms with Crippen LogP contribution >= 0.6 is 34.8 Å². The minimum absolute atomic E-state index is 0.176. The van der Waals surface area contributed by atoms with E-state index in [0.717, 1.165) is 11.3 Å². The molecular weight excluding hydrogens is 419 g/mol. The molecule has 0 saturated heterocycles. The van der Waals surface area contributed by atoms with Crippen LogP contribution in [0.5, 0.6) is 5.75 Å². The van der Waals surface area contributed by atoms with Crippen LogP contribution in [0.25, 0.3) is 0 Å². The maximum Gasteiger partial charge on any atom is 0.262 e. The van der Waals surface area contributed by atoms with E-state index in [1.165, 1.54) is 0 Å². The van der Waals surface area contributed by atoms with Gasteiger partial charge in [-0.15, -0.1) is 0 Å². The number of benzene rings is 3. The quantitative estimate of drug-likeness (QED) is 0.459. The molecule has 0 aliphatic rings. The predicted molar refractivity (Wildman–Crippen MR) is 116 cm³/mol. The van der Waals surface area contributed by atoms with Crippen molar-refractivity contribution in [3.8, 4) is 5.75 Å². The number of ether oxygens (including phenoxy) is 1. The van der Waals surface area contributed by atoms with E-state index in [1.807, 2.05) is 30.3 Å². The zero-order chi connectivity index (χ0) is 19.9. The van der Waals surface area contributed by atoms with E-state index < -0.39 is 0 Å². The number of hydrogen-bond acceptors (Lipinski definition) is 3. The van der Waals surface area contributed by atoms with Crippen LogP contribution in [-0.2, 0) is 11.3 Å². The van der Waals surface area contributed by atoms with Crippen molar-refractivity contribution in [2.75, 3.05) is 17.2 Å². The topological polar surface area (TPSA) is 50.4 Å². The molecule has 0 aliphatic heterocycles. The highest BCUT2D eigenvalue weighted by Gasteiger charge is 2.09. The fourth-order valence-corrected chi connectivity index (χ4v) is 3.10. The first-order valence-electron chi connectivity index (χ1n) is 8.46. The molecule has 0 saturated carbocycles. The molecule has 1 amide bonds. The average molecular weight is 436 g/mol. The minimum atomic E-state index is -0.323. The molecule has 0 radical (unpaired) electrons. The lowest BCUT2D eigenvalue weighted by molar-refractivity contribution is -0.118. The molecule has 28 heavy (non-hydrogen) atoms. The van der Waals surface area contributed by atoms with Gasteiger partial charge in [0, 0.05) is 17.3 Å². The van der Waals surface area contributed by atoms with Crippen molar-refractivity contribution in [2.24, 2.45) is 0 Å². The van der Waals surface area contributed by atoms with E-state index in [9.17, 15) is 4.79 Å². The summed E-state index contributed by atoms with van der Waals surface area (Å²) in [5.41, 5.74) is 2.42. The summed E-state index contributed by atoms with van der Waals surface area (Å²) in [6, 6.07) is 19.9. The van der Waals surface area contributed by atoms with Gasteiger partial charge >= 0.3 is 0 Å². The van der Waals surface area contributed by atoms with Gasteiger partial charge in [0.05, 0.1) is 15.7 Å². The van der Waals surface area contributed by atoms with Crippen LogP contribution in [0, 0.1) is 0 Å². The van der Waals surface area contributed by atoms with Crippen molar-refractivity contribution < 1.29 is 9.53 Å². The van der Waals surface area contributed by atoms with Crippen LogP contribution in [-0.4, -0.2) is 12.5 Å². The van der Waals surface area contributed by atoms with Crippen molar-refractivity contribution in [1.82, 2.24) is 0 Å². The third kappa shape index (κ3) is 5.80. The number of carbonyl (C=O) groups is 1. The fourth-order valence-electron chi connectivity index (χ4n) is 2.47. The fraction of sp³-hybridized carbons (Fsp3) is 0.0952. The summed E-state index contributed by atoms with van der Waals surface area (Å²) >= 11 is 18.3. The van der Waals surface area contributed by atoms with Crippen molar-refractivity contribution in [1.29, 1.82) is 0 Å². The molecule has 0 heterocycles. The Balaban J connectivity index is 1.54. The molecule has 0 unspecified atom stereocenters. The highest BCUT2D eigenvalue weighted by Crippen LogP contribution is 2.26. The lowest BCUT2D eigenvalue weighted by Crippen LogP contribution is -2.20. The Labute approximate surface area is 178 Å². The first kappa shape index (κ1) is 20.3. The summed E-state index contributed by atoms with van der Waals surface area (Å²) in [5.74, 6) is 0.110. The van der Waals surface area contributed by atoms with Crippen LogP contribution in [0.1, 0.15) is 5.56 Å². The van der Waals surface area contributed by atoms with Gasteiger partial charge in [-0.1, -0.05) is 59.1 Å². The molecule has 2 N–H and O–H groups in total. The predicted octanol–water partition coefficient (Wildman–Crippen LogP) is 6.28. The van der Waals surface area contributed by atoms with Crippen molar-refractivity contribution in [3.63, 3.8) is 0 Å². The molecule has 7 heteroatoms. The maximum atomic E-state index is 12.0. The molecular formula is C21H17Cl3N2O2. The number of carbonyl (C=O) groups excluding carboxylic acids is 1. The number of nitrogens with one attached hydrogen (secondary N) is 2. The Morgan fingerprint density at radius 2 is 1.71 bits per heavy atom. The summed E-state index contributed by atoms with van der Waals surface area (Å²) in [7, 11) is 0. The van der Waals surface area contributed by atoms with Crippen LogP contribution in [0.4, 0.5) is 11.4 Å². The zero-order valence-corrected chi connectivity index (χ0v) is 17.0. The summed E-state index contributed by atoms with van der Waals surface area (Å²) in [4.78, 5) is 12.0. The van der Waals surface area contributed by atoms with E-state index in [-0.39, 0.29) is 12.5 Å². The van der Waals surface area contributed by atoms with Gasteiger partial charge in [0.1, 0.15) is 5.75 Å². The summed E-state index contributed by atoms with van der Waals surface area (Å²) < 4.78 is 5.52. The minimum Gasteiger partial charge on any atom is -0.482 e. The molecule has 0 spiro atoms. The van der Waals surface area contributed by atoms with E-state index in [2.05, 4.69) is 10.6 Å². The maximum absolute atomic E-state index is 12.0. The number of amides is 1. The molecule has 0 aromatic heterocycles. The van der Waals surface area contributed by atoms with Crippen molar-refractivity contribution >= 4 is 52.1 Å². The lowest BCUT2D eigenvalue weighted by Gasteiger charge is -2.11. The first-order valence-corrected chi connectivity index (χ1v) is 9.60. The zero-order valence-electron chi connectivity index (χ0n) is 14.7.